The van der Waals surface area contributed by atoms with E-state index in [1.54, 1.807) is 0 Å². The Morgan fingerprint density at radius 2 is 1.21 bits per heavy atom. The predicted molar refractivity (Wildman–Crippen MR) is 83.8 cm³/mol. The number of ether oxygens (including phenoxy) is 2. The quantitative estimate of drug-likeness (QED) is 0.489. The van der Waals surface area contributed by atoms with E-state index in [2.05, 4.69) is 4.79 Å². The smallest absolute Gasteiger partial charge is 0.413 e. The standard InChI is InChI=1S/C18H14N2O4/c19-20-15-16(21)23-18(24-17(15)22,11-13-7-3-1-4-8-13)12-14-9-5-2-6-10-14/h1-10H,11-12H2. The molecule has 0 bridgehead atoms. The topological polar surface area (TPSA) is 89.0 Å². The molecule has 6 heteroatoms. The lowest BCUT2D eigenvalue weighted by molar-refractivity contribution is -0.233. The zero-order chi connectivity index (χ0) is 17.0. The van der Waals surface area contributed by atoms with Crippen molar-refractivity contribution in [1.29, 1.82) is 0 Å². The van der Waals surface area contributed by atoms with Crippen LogP contribution in [0.1, 0.15) is 11.1 Å². The highest BCUT2D eigenvalue weighted by Crippen LogP contribution is 2.28. The molecule has 0 unspecified atom stereocenters. The van der Waals surface area contributed by atoms with Gasteiger partial charge in [0.1, 0.15) is 0 Å². The molecule has 1 aliphatic rings. The fraction of sp³-hybridized carbons (Fsp3) is 0.167. The van der Waals surface area contributed by atoms with Crippen LogP contribution in [0.25, 0.3) is 5.53 Å². The Bertz CT molecular complexity index is 748. The van der Waals surface area contributed by atoms with E-state index >= 15 is 0 Å². The van der Waals surface area contributed by atoms with Crippen molar-refractivity contribution in [1.82, 2.24) is 0 Å². The maximum absolute atomic E-state index is 12.0. The van der Waals surface area contributed by atoms with Gasteiger partial charge < -0.3 is 15.0 Å². The highest BCUT2D eigenvalue weighted by Gasteiger charge is 2.51. The first-order valence-corrected chi connectivity index (χ1v) is 7.38. The second kappa shape index (κ2) is 6.48. The lowest BCUT2D eigenvalue weighted by Crippen LogP contribution is -2.53. The SMILES string of the molecule is [N-]=[N+]=C1C(=O)OC(Cc2ccccc2)(Cc2ccccc2)OC1=O. The second-order valence-electron chi connectivity index (χ2n) is 5.46. The lowest BCUT2D eigenvalue weighted by Gasteiger charge is -2.34. The van der Waals surface area contributed by atoms with Crippen molar-refractivity contribution in [3.05, 3.63) is 77.3 Å². The lowest BCUT2D eigenvalue weighted by atomic mass is 9.96. The van der Waals surface area contributed by atoms with Crippen LogP contribution in [0.3, 0.4) is 0 Å². The van der Waals surface area contributed by atoms with E-state index in [1.165, 1.54) is 0 Å². The Labute approximate surface area is 138 Å². The summed E-state index contributed by atoms with van der Waals surface area (Å²) in [6.45, 7) is 0. The molecule has 1 fully saturated rings. The van der Waals surface area contributed by atoms with Gasteiger partial charge in [-0.3, -0.25) is 0 Å². The van der Waals surface area contributed by atoms with Crippen LogP contribution in [0.4, 0.5) is 0 Å². The van der Waals surface area contributed by atoms with Crippen LogP contribution >= 0.6 is 0 Å². The third kappa shape index (κ3) is 3.24. The van der Waals surface area contributed by atoms with E-state index in [4.69, 9.17) is 15.0 Å². The summed E-state index contributed by atoms with van der Waals surface area (Å²) in [5.41, 5.74) is 9.70. The maximum Gasteiger partial charge on any atom is 0.482 e. The highest BCUT2D eigenvalue weighted by molar-refractivity contribution is 6.61. The molecule has 1 saturated heterocycles. The molecule has 24 heavy (non-hydrogen) atoms. The molecule has 2 aromatic carbocycles. The van der Waals surface area contributed by atoms with Gasteiger partial charge in [-0.05, 0) is 11.1 Å². The van der Waals surface area contributed by atoms with Gasteiger partial charge >= 0.3 is 17.7 Å². The van der Waals surface area contributed by atoms with Crippen LogP contribution in [-0.4, -0.2) is 28.2 Å². The van der Waals surface area contributed by atoms with Crippen molar-refractivity contribution < 1.29 is 23.9 Å². The van der Waals surface area contributed by atoms with Gasteiger partial charge in [-0.15, -0.1) is 0 Å². The Morgan fingerprint density at radius 1 is 0.792 bits per heavy atom. The van der Waals surface area contributed by atoms with E-state index < -0.39 is 23.4 Å². The van der Waals surface area contributed by atoms with E-state index in [0.29, 0.717) is 0 Å². The summed E-state index contributed by atoms with van der Waals surface area (Å²) in [5, 5.41) is 0. The van der Waals surface area contributed by atoms with Crippen LogP contribution < -0.4 is 0 Å². The summed E-state index contributed by atoms with van der Waals surface area (Å²) in [4.78, 5) is 26.7. The largest absolute Gasteiger partial charge is 0.482 e. The molecule has 0 atom stereocenters. The fourth-order valence-electron chi connectivity index (χ4n) is 2.64. The predicted octanol–water partition coefficient (Wildman–Crippen LogP) is 1.94. The molecule has 0 spiro atoms. The van der Waals surface area contributed by atoms with Gasteiger partial charge in [0.25, 0.3) is 5.79 Å². The number of carbonyl (C=O) groups is 2. The van der Waals surface area contributed by atoms with Gasteiger partial charge in [-0.2, -0.15) is 4.79 Å². The summed E-state index contributed by atoms with van der Waals surface area (Å²) in [6.07, 6.45) is 0.387. The Hall–Kier alpha value is -3.24. The van der Waals surface area contributed by atoms with Gasteiger partial charge in [0.15, 0.2) is 0 Å². The van der Waals surface area contributed by atoms with E-state index in [9.17, 15) is 9.59 Å². The Balaban J connectivity index is 1.96. The number of hydrogen-bond acceptors (Lipinski definition) is 4. The molecule has 0 aliphatic carbocycles. The summed E-state index contributed by atoms with van der Waals surface area (Å²) in [6, 6.07) is 18.5. The van der Waals surface area contributed by atoms with Crippen LogP contribution in [0.5, 0.6) is 0 Å². The summed E-state index contributed by atoms with van der Waals surface area (Å²) >= 11 is 0. The molecule has 1 heterocycles. The minimum absolute atomic E-state index is 0.193. The maximum atomic E-state index is 12.0. The molecule has 1 aliphatic heterocycles. The summed E-state index contributed by atoms with van der Waals surface area (Å²) in [5.74, 6) is -3.48. The van der Waals surface area contributed by atoms with Gasteiger partial charge in [0.2, 0.25) is 0 Å². The average molecular weight is 322 g/mol. The number of esters is 2. The first-order valence-electron chi connectivity index (χ1n) is 7.38. The monoisotopic (exact) mass is 322 g/mol. The zero-order valence-electron chi connectivity index (χ0n) is 12.7. The molecule has 0 N–H and O–H groups in total. The van der Waals surface area contributed by atoms with Crippen molar-refractivity contribution in [3.8, 4) is 0 Å². The molecule has 0 radical (unpaired) electrons. The van der Waals surface area contributed by atoms with E-state index in [-0.39, 0.29) is 12.8 Å². The number of carbonyl (C=O) groups excluding carboxylic acids is 2. The van der Waals surface area contributed by atoms with Gasteiger partial charge in [0.05, 0.1) is 12.8 Å². The second-order valence-corrected chi connectivity index (χ2v) is 5.46. The highest BCUT2D eigenvalue weighted by atomic mass is 16.7. The number of cyclic esters (lactones) is 2. The van der Waals surface area contributed by atoms with Gasteiger partial charge in [-0.25, -0.2) is 9.59 Å². The Kier molecular flexibility index (Phi) is 4.22. The van der Waals surface area contributed by atoms with Crippen molar-refractivity contribution in [2.24, 2.45) is 0 Å². The van der Waals surface area contributed by atoms with Crippen molar-refractivity contribution in [3.63, 3.8) is 0 Å². The first kappa shape index (κ1) is 15.6. The van der Waals surface area contributed by atoms with E-state index in [0.717, 1.165) is 11.1 Å². The summed E-state index contributed by atoms with van der Waals surface area (Å²) in [7, 11) is 0. The first-order chi connectivity index (χ1) is 11.6. The van der Waals surface area contributed by atoms with Crippen LogP contribution in [-0.2, 0) is 31.9 Å². The third-order valence-corrected chi connectivity index (χ3v) is 3.68. The molecule has 120 valence electrons. The van der Waals surface area contributed by atoms with Gasteiger partial charge in [-0.1, -0.05) is 60.7 Å². The minimum Gasteiger partial charge on any atom is -0.413 e. The van der Waals surface area contributed by atoms with E-state index in [1.807, 2.05) is 60.7 Å². The van der Waals surface area contributed by atoms with Crippen molar-refractivity contribution in [2.75, 3.05) is 0 Å². The molecular formula is C18H14N2O4. The van der Waals surface area contributed by atoms with Crippen molar-refractivity contribution >= 4 is 17.7 Å². The zero-order valence-corrected chi connectivity index (χ0v) is 12.7. The molecule has 0 amide bonds. The van der Waals surface area contributed by atoms with Crippen LogP contribution in [0.15, 0.2) is 60.7 Å². The molecule has 6 nitrogen and oxygen atoms in total. The molecule has 2 aromatic rings. The van der Waals surface area contributed by atoms with Crippen LogP contribution in [0.2, 0.25) is 0 Å². The molecular weight excluding hydrogens is 308 g/mol. The Morgan fingerprint density at radius 3 is 1.58 bits per heavy atom. The third-order valence-electron chi connectivity index (χ3n) is 3.68. The number of benzene rings is 2. The van der Waals surface area contributed by atoms with Gasteiger partial charge in [0, 0.05) is 0 Å². The molecule has 0 aromatic heterocycles. The summed E-state index contributed by atoms with van der Waals surface area (Å²) < 4.78 is 10.8. The normalized spacial score (nSPS) is 16.1. The number of rotatable bonds is 4. The molecule has 3 rings (SSSR count). The number of nitrogens with zero attached hydrogens (tertiary/aromatic N) is 2. The average Bonchev–Trinajstić information content (AvgIpc) is 2.56. The van der Waals surface area contributed by atoms with Crippen LogP contribution in [0, 0.1) is 0 Å². The molecule has 0 saturated carbocycles. The fourth-order valence-corrected chi connectivity index (χ4v) is 2.64. The minimum atomic E-state index is -1.48. The van der Waals surface area contributed by atoms with Crippen molar-refractivity contribution in [2.45, 2.75) is 18.6 Å². The number of hydrogen-bond donors (Lipinski definition) is 0.